The van der Waals surface area contributed by atoms with Crippen LogP contribution in [-0.2, 0) is 16.6 Å². The van der Waals surface area contributed by atoms with E-state index < -0.39 is 22.4 Å². The number of rotatable bonds is 7. The van der Waals surface area contributed by atoms with Gasteiger partial charge in [0.1, 0.15) is 5.82 Å². The molecule has 0 amide bonds. The van der Waals surface area contributed by atoms with Crippen LogP contribution in [0.4, 0.5) is 4.39 Å². The first kappa shape index (κ1) is 15.4. The largest absolute Gasteiger partial charge is 0.392 e. The monoisotopic (exact) mass is 301 g/mol. The van der Waals surface area contributed by atoms with Crippen LogP contribution in [0.15, 0.2) is 23.1 Å². The molecule has 0 bridgehead atoms. The van der Waals surface area contributed by atoms with Crippen LogP contribution < -0.4 is 4.72 Å². The Morgan fingerprint density at radius 1 is 1.40 bits per heavy atom. The molecule has 20 heavy (non-hydrogen) atoms. The van der Waals surface area contributed by atoms with Crippen molar-refractivity contribution in [3.63, 3.8) is 0 Å². The van der Waals surface area contributed by atoms with E-state index in [2.05, 4.69) is 11.6 Å². The summed E-state index contributed by atoms with van der Waals surface area (Å²) in [5.41, 5.74) is 0.101. The Labute approximate surface area is 119 Å². The fraction of sp³-hybridized carbons (Fsp3) is 0.571. The van der Waals surface area contributed by atoms with Gasteiger partial charge in [0.25, 0.3) is 0 Å². The summed E-state index contributed by atoms with van der Waals surface area (Å²) in [7, 11) is -3.65. The van der Waals surface area contributed by atoms with Gasteiger partial charge in [-0.25, -0.2) is 17.5 Å². The Bertz CT molecular complexity index is 582. The van der Waals surface area contributed by atoms with Crippen molar-refractivity contribution < 1.29 is 17.9 Å². The van der Waals surface area contributed by atoms with Crippen molar-refractivity contribution in [2.45, 2.75) is 44.1 Å². The summed E-state index contributed by atoms with van der Waals surface area (Å²) in [5, 5.41) is 8.99. The second kappa shape index (κ2) is 5.79. The third-order valence-electron chi connectivity index (χ3n) is 3.87. The van der Waals surface area contributed by atoms with Crippen LogP contribution in [0.5, 0.6) is 0 Å². The average molecular weight is 301 g/mol. The number of aliphatic hydroxyl groups is 1. The summed E-state index contributed by atoms with van der Waals surface area (Å²) >= 11 is 0. The standard InChI is InChI=1S/C14H20FNO3S/c1-2-5-14(6-7-14)10-16-20(18,19)12-3-4-13(15)11(8-12)9-17/h3-4,8,16-17H,2,5-7,9-10H2,1H3. The summed E-state index contributed by atoms with van der Waals surface area (Å²) in [6.45, 7) is 1.99. The van der Waals surface area contributed by atoms with Gasteiger partial charge in [-0.1, -0.05) is 13.3 Å². The van der Waals surface area contributed by atoms with Gasteiger partial charge in [-0.15, -0.1) is 0 Å². The van der Waals surface area contributed by atoms with Crippen LogP contribution >= 0.6 is 0 Å². The Balaban J connectivity index is 2.10. The van der Waals surface area contributed by atoms with E-state index in [1.807, 2.05) is 0 Å². The number of sulfonamides is 1. The van der Waals surface area contributed by atoms with Gasteiger partial charge in [0.05, 0.1) is 11.5 Å². The first-order valence-electron chi connectivity index (χ1n) is 6.81. The van der Waals surface area contributed by atoms with E-state index in [-0.39, 0.29) is 15.9 Å². The number of hydrogen-bond donors (Lipinski definition) is 2. The minimum atomic E-state index is -3.65. The van der Waals surface area contributed by atoms with Crippen LogP contribution in [-0.4, -0.2) is 20.1 Å². The molecule has 6 heteroatoms. The van der Waals surface area contributed by atoms with E-state index in [4.69, 9.17) is 5.11 Å². The molecule has 1 aromatic rings. The predicted molar refractivity (Wildman–Crippen MR) is 74.1 cm³/mol. The van der Waals surface area contributed by atoms with Crippen LogP contribution in [0.2, 0.25) is 0 Å². The molecule has 0 unspecified atom stereocenters. The zero-order chi connectivity index (χ0) is 14.8. The number of benzene rings is 1. The summed E-state index contributed by atoms with van der Waals surface area (Å²) in [6.07, 6.45) is 4.15. The van der Waals surface area contributed by atoms with Gasteiger partial charge in [0, 0.05) is 12.1 Å². The first-order chi connectivity index (χ1) is 9.42. The molecule has 1 fully saturated rings. The van der Waals surface area contributed by atoms with E-state index in [1.165, 1.54) is 12.1 Å². The van der Waals surface area contributed by atoms with Gasteiger partial charge >= 0.3 is 0 Å². The molecular formula is C14H20FNO3S. The van der Waals surface area contributed by atoms with Crippen molar-refractivity contribution in [1.82, 2.24) is 4.72 Å². The highest BCUT2D eigenvalue weighted by Crippen LogP contribution is 2.49. The smallest absolute Gasteiger partial charge is 0.240 e. The summed E-state index contributed by atoms with van der Waals surface area (Å²) in [5.74, 6) is -0.601. The Morgan fingerprint density at radius 3 is 2.65 bits per heavy atom. The zero-order valence-corrected chi connectivity index (χ0v) is 12.3. The molecule has 0 radical (unpaired) electrons. The second-order valence-corrected chi connectivity index (χ2v) is 7.25. The maximum Gasteiger partial charge on any atom is 0.240 e. The fourth-order valence-electron chi connectivity index (χ4n) is 2.39. The molecule has 2 rings (SSSR count). The lowest BCUT2D eigenvalue weighted by Crippen LogP contribution is -2.30. The summed E-state index contributed by atoms with van der Waals surface area (Å²) in [4.78, 5) is -0.00440. The van der Waals surface area contributed by atoms with Gasteiger partial charge in [-0.2, -0.15) is 0 Å². The Morgan fingerprint density at radius 2 is 2.10 bits per heavy atom. The average Bonchev–Trinajstić information content (AvgIpc) is 3.18. The highest BCUT2D eigenvalue weighted by Gasteiger charge is 2.42. The highest BCUT2D eigenvalue weighted by molar-refractivity contribution is 7.89. The molecule has 1 aliphatic rings. The molecule has 1 saturated carbocycles. The maximum atomic E-state index is 13.3. The molecule has 0 spiro atoms. The Kier molecular flexibility index (Phi) is 4.46. The van der Waals surface area contributed by atoms with Crippen molar-refractivity contribution in [2.24, 2.45) is 5.41 Å². The van der Waals surface area contributed by atoms with Gasteiger partial charge in [0.15, 0.2) is 0 Å². The van der Waals surface area contributed by atoms with E-state index in [0.29, 0.717) is 6.54 Å². The molecule has 0 aromatic heterocycles. The van der Waals surface area contributed by atoms with Crippen LogP contribution in [0.25, 0.3) is 0 Å². The zero-order valence-electron chi connectivity index (χ0n) is 11.5. The van der Waals surface area contributed by atoms with Crippen molar-refractivity contribution in [3.8, 4) is 0 Å². The van der Waals surface area contributed by atoms with Crippen LogP contribution in [0, 0.1) is 11.2 Å². The lowest BCUT2D eigenvalue weighted by Gasteiger charge is -2.15. The Hall–Kier alpha value is -0.980. The molecule has 1 aromatic carbocycles. The third kappa shape index (κ3) is 3.37. The number of hydrogen-bond acceptors (Lipinski definition) is 3. The molecule has 0 atom stereocenters. The van der Waals surface area contributed by atoms with Crippen LogP contribution in [0.3, 0.4) is 0 Å². The van der Waals surface area contributed by atoms with Crippen molar-refractivity contribution in [2.75, 3.05) is 6.54 Å². The highest BCUT2D eigenvalue weighted by atomic mass is 32.2. The molecule has 0 aliphatic heterocycles. The van der Waals surface area contributed by atoms with E-state index in [1.54, 1.807) is 0 Å². The molecule has 0 heterocycles. The van der Waals surface area contributed by atoms with Crippen molar-refractivity contribution in [1.29, 1.82) is 0 Å². The van der Waals surface area contributed by atoms with Gasteiger partial charge in [-0.3, -0.25) is 0 Å². The second-order valence-electron chi connectivity index (χ2n) is 5.49. The number of aliphatic hydroxyl groups excluding tert-OH is 1. The quantitative estimate of drug-likeness (QED) is 0.811. The van der Waals surface area contributed by atoms with E-state index in [0.717, 1.165) is 31.7 Å². The molecular weight excluding hydrogens is 281 g/mol. The number of halogens is 1. The number of nitrogens with one attached hydrogen (secondary N) is 1. The lowest BCUT2D eigenvalue weighted by atomic mass is 10.0. The predicted octanol–water partition coefficient (Wildman–Crippen LogP) is 2.18. The van der Waals surface area contributed by atoms with Gasteiger partial charge < -0.3 is 5.11 Å². The van der Waals surface area contributed by atoms with Gasteiger partial charge in [0.2, 0.25) is 10.0 Å². The molecule has 4 nitrogen and oxygen atoms in total. The van der Waals surface area contributed by atoms with Crippen molar-refractivity contribution in [3.05, 3.63) is 29.6 Å². The molecule has 0 saturated heterocycles. The third-order valence-corrected chi connectivity index (χ3v) is 5.27. The minimum Gasteiger partial charge on any atom is -0.392 e. The SMILES string of the molecule is CCCC1(CNS(=O)(=O)c2ccc(F)c(CO)c2)CC1. The summed E-state index contributed by atoms with van der Waals surface area (Å²) < 4.78 is 40.2. The van der Waals surface area contributed by atoms with Crippen LogP contribution in [0.1, 0.15) is 38.2 Å². The molecule has 2 N–H and O–H groups in total. The van der Waals surface area contributed by atoms with E-state index >= 15 is 0 Å². The van der Waals surface area contributed by atoms with Crippen molar-refractivity contribution >= 4 is 10.0 Å². The first-order valence-corrected chi connectivity index (χ1v) is 8.30. The summed E-state index contributed by atoms with van der Waals surface area (Å²) in [6, 6.07) is 3.46. The molecule has 112 valence electrons. The minimum absolute atomic E-state index is 0.00440. The topological polar surface area (TPSA) is 66.4 Å². The fourth-order valence-corrected chi connectivity index (χ4v) is 3.60. The van der Waals surface area contributed by atoms with E-state index in [9.17, 15) is 12.8 Å². The normalized spacial score (nSPS) is 17.1. The lowest BCUT2D eigenvalue weighted by molar-refractivity contribution is 0.275. The van der Waals surface area contributed by atoms with Gasteiger partial charge in [-0.05, 0) is 42.9 Å². The maximum absolute atomic E-state index is 13.3. The molecule has 1 aliphatic carbocycles.